The fraction of sp³-hybridized carbons (Fsp3) is 0.909. The van der Waals surface area contributed by atoms with Crippen molar-refractivity contribution in [3.8, 4) is 0 Å². The third-order valence-corrected chi connectivity index (χ3v) is 2.59. The summed E-state index contributed by atoms with van der Waals surface area (Å²) in [6, 6.07) is 0. The number of carbonyl (C=O) groups is 1. The molecule has 1 saturated heterocycles. The SMILES string of the molecule is CC.CCC(=O)C1(C)CCOCC1. The van der Waals surface area contributed by atoms with Gasteiger partial charge in [-0.25, -0.2) is 0 Å². The first-order valence-electron chi connectivity index (χ1n) is 5.30. The molecular formula is C11H22O2. The quantitative estimate of drug-likeness (QED) is 0.663. The van der Waals surface area contributed by atoms with Crippen molar-refractivity contribution in [1.82, 2.24) is 0 Å². The Bertz CT molecular complexity index is 146. The number of hydrogen-bond acceptors (Lipinski definition) is 2. The molecule has 2 nitrogen and oxygen atoms in total. The van der Waals surface area contributed by atoms with Crippen LogP contribution in [-0.4, -0.2) is 19.0 Å². The highest BCUT2D eigenvalue weighted by Crippen LogP contribution is 2.31. The first-order chi connectivity index (χ1) is 6.19. The number of hydrogen-bond donors (Lipinski definition) is 0. The molecule has 1 aliphatic heterocycles. The molecule has 0 aromatic carbocycles. The van der Waals surface area contributed by atoms with Crippen LogP contribution in [0, 0.1) is 5.41 Å². The van der Waals surface area contributed by atoms with Gasteiger partial charge in [0.2, 0.25) is 0 Å². The molecule has 0 aliphatic carbocycles. The molecule has 0 saturated carbocycles. The van der Waals surface area contributed by atoms with E-state index in [2.05, 4.69) is 6.92 Å². The van der Waals surface area contributed by atoms with E-state index in [1.165, 1.54) is 0 Å². The van der Waals surface area contributed by atoms with E-state index in [1.54, 1.807) is 0 Å². The Morgan fingerprint density at radius 2 is 1.77 bits per heavy atom. The topological polar surface area (TPSA) is 26.3 Å². The van der Waals surface area contributed by atoms with Gasteiger partial charge >= 0.3 is 0 Å². The molecule has 0 radical (unpaired) electrons. The predicted octanol–water partition coefficient (Wildman–Crippen LogP) is 2.81. The highest BCUT2D eigenvalue weighted by atomic mass is 16.5. The van der Waals surface area contributed by atoms with Crippen molar-refractivity contribution in [2.45, 2.75) is 47.0 Å². The number of Topliss-reactive ketones (excluding diaryl/α,β-unsaturated/α-hetero) is 1. The lowest BCUT2D eigenvalue weighted by molar-refractivity contribution is -0.132. The van der Waals surface area contributed by atoms with E-state index >= 15 is 0 Å². The Morgan fingerprint density at radius 3 is 2.15 bits per heavy atom. The zero-order valence-corrected chi connectivity index (χ0v) is 9.35. The van der Waals surface area contributed by atoms with Gasteiger partial charge in [-0.2, -0.15) is 0 Å². The van der Waals surface area contributed by atoms with Crippen LogP contribution in [-0.2, 0) is 9.53 Å². The van der Waals surface area contributed by atoms with Crippen molar-refractivity contribution >= 4 is 5.78 Å². The predicted molar refractivity (Wildman–Crippen MR) is 54.8 cm³/mol. The fourth-order valence-corrected chi connectivity index (χ4v) is 1.53. The summed E-state index contributed by atoms with van der Waals surface area (Å²) in [4.78, 5) is 11.4. The van der Waals surface area contributed by atoms with Crippen molar-refractivity contribution in [1.29, 1.82) is 0 Å². The van der Waals surface area contributed by atoms with Crippen molar-refractivity contribution in [2.24, 2.45) is 5.41 Å². The van der Waals surface area contributed by atoms with Crippen LogP contribution < -0.4 is 0 Å². The van der Waals surface area contributed by atoms with Gasteiger partial charge < -0.3 is 4.74 Å². The van der Waals surface area contributed by atoms with E-state index in [1.807, 2.05) is 20.8 Å². The molecule has 0 atom stereocenters. The third kappa shape index (κ3) is 3.47. The Hall–Kier alpha value is -0.370. The van der Waals surface area contributed by atoms with Gasteiger partial charge in [-0.3, -0.25) is 4.79 Å². The highest BCUT2D eigenvalue weighted by molar-refractivity contribution is 5.84. The van der Waals surface area contributed by atoms with Gasteiger partial charge in [0.15, 0.2) is 0 Å². The molecule has 1 heterocycles. The third-order valence-electron chi connectivity index (χ3n) is 2.59. The van der Waals surface area contributed by atoms with E-state index in [0.717, 1.165) is 26.1 Å². The van der Waals surface area contributed by atoms with Gasteiger partial charge in [-0.1, -0.05) is 27.7 Å². The van der Waals surface area contributed by atoms with Crippen LogP contribution in [0.15, 0.2) is 0 Å². The lowest BCUT2D eigenvalue weighted by Crippen LogP contribution is -2.33. The van der Waals surface area contributed by atoms with E-state index in [0.29, 0.717) is 12.2 Å². The van der Waals surface area contributed by atoms with E-state index in [-0.39, 0.29) is 5.41 Å². The number of ether oxygens (including phenoxy) is 1. The van der Waals surface area contributed by atoms with Crippen molar-refractivity contribution in [3.05, 3.63) is 0 Å². The van der Waals surface area contributed by atoms with E-state index in [4.69, 9.17) is 4.74 Å². The Balaban J connectivity index is 0.000000671. The van der Waals surface area contributed by atoms with E-state index < -0.39 is 0 Å². The summed E-state index contributed by atoms with van der Waals surface area (Å²) in [5, 5.41) is 0. The van der Waals surface area contributed by atoms with Crippen LogP contribution in [0.25, 0.3) is 0 Å². The van der Waals surface area contributed by atoms with Crippen LogP contribution in [0.1, 0.15) is 47.0 Å². The number of rotatable bonds is 2. The normalized spacial score (nSPS) is 20.0. The summed E-state index contributed by atoms with van der Waals surface area (Å²) < 4.78 is 5.21. The number of carbonyl (C=O) groups excluding carboxylic acids is 1. The van der Waals surface area contributed by atoms with Gasteiger partial charge in [0.25, 0.3) is 0 Å². The fourth-order valence-electron chi connectivity index (χ4n) is 1.53. The minimum Gasteiger partial charge on any atom is -0.381 e. The zero-order valence-electron chi connectivity index (χ0n) is 9.35. The highest BCUT2D eigenvalue weighted by Gasteiger charge is 2.33. The van der Waals surface area contributed by atoms with Gasteiger partial charge in [-0.05, 0) is 12.8 Å². The summed E-state index contributed by atoms with van der Waals surface area (Å²) >= 11 is 0. The van der Waals surface area contributed by atoms with Gasteiger partial charge in [0, 0.05) is 25.0 Å². The maximum absolute atomic E-state index is 11.4. The summed E-state index contributed by atoms with van der Waals surface area (Å²) in [7, 11) is 0. The Labute approximate surface area is 81.7 Å². The monoisotopic (exact) mass is 186 g/mol. The molecular weight excluding hydrogens is 164 g/mol. The van der Waals surface area contributed by atoms with Crippen LogP contribution >= 0.6 is 0 Å². The molecule has 0 N–H and O–H groups in total. The molecule has 0 amide bonds. The lowest BCUT2D eigenvalue weighted by Gasteiger charge is -2.31. The molecule has 0 bridgehead atoms. The summed E-state index contributed by atoms with van der Waals surface area (Å²) in [5.74, 6) is 0.390. The average Bonchev–Trinajstić information content (AvgIpc) is 2.21. The molecule has 1 fully saturated rings. The van der Waals surface area contributed by atoms with Crippen LogP contribution in [0.2, 0.25) is 0 Å². The van der Waals surface area contributed by atoms with Gasteiger partial charge in [0.1, 0.15) is 5.78 Å². The molecule has 13 heavy (non-hydrogen) atoms. The molecule has 0 aromatic rings. The van der Waals surface area contributed by atoms with Crippen LogP contribution in [0.3, 0.4) is 0 Å². The molecule has 1 rings (SSSR count). The second kappa shape index (κ2) is 6.14. The van der Waals surface area contributed by atoms with E-state index in [9.17, 15) is 4.79 Å². The molecule has 0 spiro atoms. The van der Waals surface area contributed by atoms with Gasteiger partial charge in [-0.15, -0.1) is 0 Å². The average molecular weight is 186 g/mol. The molecule has 2 heteroatoms. The van der Waals surface area contributed by atoms with Crippen LogP contribution in [0.5, 0.6) is 0 Å². The minimum atomic E-state index is -0.0764. The van der Waals surface area contributed by atoms with Gasteiger partial charge in [0.05, 0.1) is 0 Å². The minimum absolute atomic E-state index is 0.0764. The maximum Gasteiger partial charge on any atom is 0.138 e. The standard InChI is InChI=1S/C9H16O2.C2H6/c1-3-8(10)9(2)4-6-11-7-5-9;1-2/h3-7H2,1-2H3;1-2H3. The van der Waals surface area contributed by atoms with Crippen LogP contribution in [0.4, 0.5) is 0 Å². The zero-order chi connectivity index (χ0) is 10.3. The molecule has 0 aromatic heterocycles. The van der Waals surface area contributed by atoms with Crippen molar-refractivity contribution in [2.75, 3.05) is 13.2 Å². The summed E-state index contributed by atoms with van der Waals surface area (Å²) in [6.07, 6.45) is 2.47. The number of ketones is 1. The van der Waals surface area contributed by atoms with Crippen molar-refractivity contribution in [3.63, 3.8) is 0 Å². The molecule has 0 unspecified atom stereocenters. The first-order valence-corrected chi connectivity index (χ1v) is 5.30. The molecule has 1 aliphatic rings. The maximum atomic E-state index is 11.4. The lowest BCUT2D eigenvalue weighted by atomic mass is 9.77. The Kier molecular flexibility index (Phi) is 5.97. The largest absolute Gasteiger partial charge is 0.381 e. The summed E-state index contributed by atoms with van der Waals surface area (Å²) in [6.45, 7) is 9.49. The second-order valence-electron chi connectivity index (χ2n) is 3.45. The Morgan fingerprint density at radius 1 is 1.31 bits per heavy atom. The summed E-state index contributed by atoms with van der Waals surface area (Å²) in [5.41, 5.74) is -0.0764. The molecule has 78 valence electrons. The van der Waals surface area contributed by atoms with Crippen molar-refractivity contribution < 1.29 is 9.53 Å². The smallest absolute Gasteiger partial charge is 0.138 e. The first kappa shape index (κ1) is 12.6. The second-order valence-corrected chi connectivity index (χ2v) is 3.45.